The third-order valence-electron chi connectivity index (χ3n) is 13.7. The van der Waals surface area contributed by atoms with Crippen LogP contribution in [0.5, 0.6) is 11.5 Å². The van der Waals surface area contributed by atoms with Crippen molar-refractivity contribution in [2.24, 2.45) is 11.8 Å². The number of benzene rings is 3. The number of hydrogen-bond donors (Lipinski definition) is 4. The quantitative estimate of drug-likeness (QED) is 0.0951. The van der Waals surface area contributed by atoms with E-state index in [9.17, 15) is 19.2 Å². The van der Waals surface area contributed by atoms with Crippen LogP contribution in [0.3, 0.4) is 0 Å². The molecule has 0 spiro atoms. The number of hydrogen-bond acceptors (Lipinski definition) is 9. The number of aromatic amines is 2. The predicted molar refractivity (Wildman–Crippen MR) is 243 cm³/mol. The average Bonchev–Trinajstić information content (AvgIpc) is 4.15. The Labute approximate surface area is 374 Å². The van der Waals surface area contributed by atoms with Gasteiger partial charge in [-0.2, -0.15) is 0 Å². The van der Waals surface area contributed by atoms with E-state index in [0.717, 1.165) is 100 Å². The molecule has 4 amide bonds. The number of alkyl carbamates (subject to hydrolysis) is 2. The Kier molecular flexibility index (Phi) is 12.4. The highest BCUT2D eigenvalue weighted by Crippen LogP contribution is 2.53. The first-order valence-corrected chi connectivity index (χ1v) is 22.6. The number of carbonyl (C=O) groups is 4. The lowest BCUT2D eigenvalue weighted by Gasteiger charge is -2.39. The number of aromatic nitrogens is 4. The van der Waals surface area contributed by atoms with E-state index in [0.29, 0.717) is 18.9 Å². The fraction of sp³-hybridized carbons (Fsp3) is 0.469. The molecule has 15 nitrogen and oxygen atoms in total. The molecule has 0 radical (unpaired) electrons. The fourth-order valence-corrected chi connectivity index (χ4v) is 10.0. The van der Waals surface area contributed by atoms with Gasteiger partial charge in [0.15, 0.2) is 0 Å². The number of ether oxygens (including phenoxy) is 3. The molecule has 8 rings (SSSR count). The van der Waals surface area contributed by atoms with Crippen molar-refractivity contribution >= 4 is 34.8 Å². The summed E-state index contributed by atoms with van der Waals surface area (Å²) in [7, 11) is 2.59. The van der Waals surface area contributed by atoms with Gasteiger partial charge in [0.05, 0.1) is 50.1 Å². The summed E-state index contributed by atoms with van der Waals surface area (Å²) in [6.45, 7) is 13.3. The van der Waals surface area contributed by atoms with Crippen LogP contribution in [0.4, 0.5) is 9.59 Å². The predicted octanol–water partition coefficient (Wildman–Crippen LogP) is 8.92. The van der Waals surface area contributed by atoms with Crippen LogP contribution in [-0.2, 0) is 24.5 Å². The second-order valence-electron chi connectivity index (χ2n) is 18.0. The normalized spacial score (nSPS) is 18.7. The summed E-state index contributed by atoms with van der Waals surface area (Å²) in [6.07, 6.45) is 7.34. The van der Waals surface area contributed by atoms with Crippen molar-refractivity contribution in [1.82, 2.24) is 40.4 Å². The lowest BCUT2D eigenvalue weighted by molar-refractivity contribution is -0.136. The largest absolute Gasteiger partial charge is 0.457 e. The maximum atomic E-state index is 13.7. The third kappa shape index (κ3) is 8.04. The van der Waals surface area contributed by atoms with E-state index in [-0.39, 0.29) is 41.1 Å². The number of nitrogens with one attached hydrogen (secondary N) is 4. The molecule has 15 heteroatoms. The highest BCUT2D eigenvalue weighted by Gasteiger charge is 2.42. The average molecular weight is 873 g/mol. The van der Waals surface area contributed by atoms with Crippen LogP contribution in [0.25, 0.3) is 33.3 Å². The SMILES string of the molecule is CCC1(CC)c2ccc(-c3cnc([C@@H]4CCCN4C(=O)[C@@H](NC(=O)OC)C(C)C)[nH]3)cc2Oc2cc3ccc(-c4cnc([C@@H]5CCCN5C(=O)[C@@H](NC(=O)OC)C(C)C)[nH]4)cc3cc21. The first-order valence-electron chi connectivity index (χ1n) is 22.6. The summed E-state index contributed by atoms with van der Waals surface area (Å²) < 4.78 is 16.4. The van der Waals surface area contributed by atoms with Crippen LogP contribution in [-0.4, -0.2) is 93.1 Å². The van der Waals surface area contributed by atoms with Crippen LogP contribution in [0.1, 0.15) is 115 Å². The van der Waals surface area contributed by atoms with Crippen molar-refractivity contribution in [3.8, 4) is 34.0 Å². The van der Waals surface area contributed by atoms with Crippen LogP contribution >= 0.6 is 0 Å². The van der Waals surface area contributed by atoms with Gasteiger partial charge in [0.2, 0.25) is 11.8 Å². The van der Waals surface area contributed by atoms with Crippen molar-refractivity contribution in [3.05, 3.63) is 83.7 Å². The summed E-state index contributed by atoms with van der Waals surface area (Å²) in [5, 5.41) is 7.57. The van der Waals surface area contributed by atoms with Gasteiger partial charge in [-0.25, -0.2) is 19.6 Å². The zero-order valence-electron chi connectivity index (χ0n) is 38.0. The van der Waals surface area contributed by atoms with Gasteiger partial charge in [-0.3, -0.25) is 9.59 Å². The van der Waals surface area contributed by atoms with Gasteiger partial charge in [0.1, 0.15) is 35.2 Å². The summed E-state index contributed by atoms with van der Waals surface area (Å²) in [5.74, 6) is 2.53. The number of fused-ring (bicyclic) bond motifs is 3. The summed E-state index contributed by atoms with van der Waals surface area (Å²) in [6, 6.07) is 15.3. The molecule has 0 bridgehead atoms. The van der Waals surface area contributed by atoms with Crippen LogP contribution in [0.2, 0.25) is 0 Å². The summed E-state index contributed by atoms with van der Waals surface area (Å²) in [5.41, 5.74) is 5.58. The molecule has 2 aromatic heterocycles. The molecule has 3 aromatic carbocycles. The Bertz CT molecular complexity index is 2560. The van der Waals surface area contributed by atoms with Gasteiger partial charge in [-0.1, -0.05) is 65.8 Å². The van der Waals surface area contributed by atoms with E-state index in [4.69, 9.17) is 24.2 Å². The van der Waals surface area contributed by atoms with E-state index < -0.39 is 24.3 Å². The molecular weight excluding hydrogens is 813 g/mol. The Morgan fingerprint density at radius 3 is 1.70 bits per heavy atom. The van der Waals surface area contributed by atoms with E-state index in [1.165, 1.54) is 14.2 Å². The second kappa shape index (κ2) is 18.0. The minimum Gasteiger partial charge on any atom is -0.457 e. The number of rotatable bonds is 12. The third-order valence-corrected chi connectivity index (χ3v) is 13.7. The van der Waals surface area contributed by atoms with Gasteiger partial charge in [0.25, 0.3) is 0 Å². The second-order valence-corrected chi connectivity index (χ2v) is 18.0. The van der Waals surface area contributed by atoms with Gasteiger partial charge >= 0.3 is 12.2 Å². The van der Waals surface area contributed by atoms with E-state index in [1.54, 1.807) is 0 Å². The van der Waals surface area contributed by atoms with Crippen molar-refractivity contribution in [3.63, 3.8) is 0 Å². The number of methoxy groups -OCH3 is 2. The van der Waals surface area contributed by atoms with E-state index in [2.05, 4.69) is 83.0 Å². The summed E-state index contributed by atoms with van der Waals surface area (Å²) in [4.78, 5) is 71.9. The molecule has 4 N–H and O–H groups in total. The van der Waals surface area contributed by atoms with Gasteiger partial charge in [-0.05, 0) is 85.4 Å². The monoisotopic (exact) mass is 872 g/mol. The molecule has 3 aliphatic heterocycles. The molecule has 5 heterocycles. The lowest BCUT2D eigenvalue weighted by atomic mass is 9.68. The van der Waals surface area contributed by atoms with Crippen molar-refractivity contribution < 1.29 is 33.4 Å². The van der Waals surface area contributed by atoms with Crippen LogP contribution in [0.15, 0.2) is 60.9 Å². The first kappa shape index (κ1) is 44.2. The van der Waals surface area contributed by atoms with Crippen LogP contribution in [0, 0.1) is 11.8 Å². The number of carbonyl (C=O) groups excluding carboxylic acids is 4. The zero-order valence-corrected chi connectivity index (χ0v) is 38.0. The highest BCUT2D eigenvalue weighted by molar-refractivity contribution is 5.90. The molecule has 0 saturated carbocycles. The number of amides is 4. The van der Waals surface area contributed by atoms with Gasteiger partial charge in [0, 0.05) is 40.8 Å². The smallest absolute Gasteiger partial charge is 0.407 e. The van der Waals surface area contributed by atoms with Crippen LogP contribution < -0.4 is 15.4 Å². The molecule has 2 saturated heterocycles. The minimum absolute atomic E-state index is 0.118. The van der Waals surface area contributed by atoms with Crippen molar-refractivity contribution in [2.75, 3.05) is 27.3 Å². The van der Waals surface area contributed by atoms with Gasteiger partial charge < -0.3 is 44.6 Å². The van der Waals surface area contributed by atoms with E-state index in [1.807, 2.05) is 49.9 Å². The minimum atomic E-state index is -0.708. The number of imidazole rings is 2. The molecule has 64 heavy (non-hydrogen) atoms. The maximum absolute atomic E-state index is 13.7. The molecule has 0 unspecified atom stereocenters. The first-order chi connectivity index (χ1) is 30.8. The maximum Gasteiger partial charge on any atom is 0.407 e. The van der Waals surface area contributed by atoms with Crippen molar-refractivity contribution in [2.45, 2.75) is 110 Å². The standard InChI is InChI=1S/C49H60N8O7/c1-9-49(10-2)33-18-17-31(36-26-51-44(53-36)38-14-12-20-57(38)46(59)42(28(5)6)55-48(61)63-8)24-39(33)64-40-23-29-15-16-30(21-32(29)22-34(40)49)35-25-50-43(52-35)37-13-11-19-56(37)45(58)41(27(3)4)54-47(60)62-7/h15-18,21-28,37-38,41-42H,9-14,19-20H2,1-8H3,(H,50,52)(H,51,53)(H,54,60)(H,55,61)/t37-,38-,41-,42-/m0/s1. The Morgan fingerprint density at radius 2 is 1.20 bits per heavy atom. The zero-order chi connectivity index (χ0) is 45.4. The van der Waals surface area contributed by atoms with E-state index >= 15 is 0 Å². The number of H-pyrrole nitrogens is 2. The lowest BCUT2D eigenvalue weighted by Crippen LogP contribution is -2.51. The fourth-order valence-electron chi connectivity index (χ4n) is 10.0. The Balaban J connectivity index is 1.04. The number of likely N-dealkylation sites (tertiary alicyclic amines) is 2. The molecule has 3 aliphatic rings. The number of nitrogens with zero attached hydrogens (tertiary/aromatic N) is 4. The Morgan fingerprint density at radius 1 is 0.703 bits per heavy atom. The molecule has 338 valence electrons. The molecular formula is C49H60N8O7. The topological polar surface area (TPSA) is 184 Å². The highest BCUT2D eigenvalue weighted by atomic mass is 16.5. The van der Waals surface area contributed by atoms with Crippen molar-refractivity contribution in [1.29, 1.82) is 0 Å². The Hall–Kier alpha value is -6.38. The molecule has 5 aromatic rings. The van der Waals surface area contributed by atoms with Gasteiger partial charge in [-0.15, -0.1) is 0 Å². The molecule has 4 atom stereocenters. The summed E-state index contributed by atoms with van der Waals surface area (Å²) >= 11 is 0. The molecule has 0 aliphatic carbocycles. The molecule has 2 fully saturated rings.